The summed E-state index contributed by atoms with van der Waals surface area (Å²) in [6.07, 6.45) is 2.66. The van der Waals surface area contributed by atoms with Crippen molar-refractivity contribution in [3.8, 4) is 0 Å². The molecule has 176 valence electrons. The minimum absolute atomic E-state index is 0.0126. The van der Waals surface area contributed by atoms with Crippen LogP contribution in [0.2, 0.25) is 0 Å². The molecule has 5 rings (SSSR count). The van der Waals surface area contributed by atoms with Gasteiger partial charge >= 0.3 is 0 Å². The maximum absolute atomic E-state index is 14.3. The molecule has 0 atom stereocenters. The lowest BCUT2D eigenvalue weighted by molar-refractivity contribution is -0.133. The molecular formula is C28H30FN3O2. The number of aryl methyl sites for hydroxylation is 3. The number of hydrogen-bond donors (Lipinski definition) is 0. The van der Waals surface area contributed by atoms with E-state index in [1.165, 1.54) is 6.07 Å². The lowest BCUT2D eigenvalue weighted by Crippen LogP contribution is -2.53. The summed E-state index contributed by atoms with van der Waals surface area (Å²) in [5.74, 6) is -0.196. The highest BCUT2D eigenvalue weighted by Crippen LogP contribution is 2.40. The monoisotopic (exact) mass is 459 g/mol. The number of nitrogens with zero attached hydrogens (tertiary/aromatic N) is 3. The molecule has 0 radical (unpaired) electrons. The zero-order valence-corrected chi connectivity index (χ0v) is 20.0. The second-order valence-electron chi connectivity index (χ2n) is 9.80. The van der Waals surface area contributed by atoms with Crippen molar-refractivity contribution in [2.45, 2.75) is 58.5 Å². The number of benzene rings is 2. The average molecular weight is 460 g/mol. The van der Waals surface area contributed by atoms with Crippen molar-refractivity contribution in [3.05, 3.63) is 76.2 Å². The zero-order chi connectivity index (χ0) is 24.0. The predicted octanol–water partition coefficient (Wildman–Crippen LogP) is 5.10. The molecule has 1 spiro atoms. The van der Waals surface area contributed by atoms with Crippen LogP contribution >= 0.6 is 0 Å². The lowest BCUT2D eigenvalue weighted by Gasteiger charge is -2.45. The quantitative estimate of drug-likeness (QED) is 0.548. The zero-order valence-electron chi connectivity index (χ0n) is 20.0. The van der Waals surface area contributed by atoms with Gasteiger partial charge in [-0.2, -0.15) is 0 Å². The van der Waals surface area contributed by atoms with Crippen LogP contribution in [0.3, 0.4) is 0 Å². The SMILES string of the molecule is Cc1cc(C(=O)N2CCC3(CCC(=O)N3Cc3ccccc3F)CC2)c2ccc(C)c(C)c2n1. The summed E-state index contributed by atoms with van der Waals surface area (Å²) in [5, 5.41) is 0.885. The minimum atomic E-state index is -0.305. The van der Waals surface area contributed by atoms with Gasteiger partial charge in [0.15, 0.2) is 0 Å². The normalized spacial score (nSPS) is 17.7. The first kappa shape index (κ1) is 22.5. The number of halogens is 1. The van der Waals surface area contributed by atoms with Crippen molar-refractivity contribution in [2.24, 2.45) is 0 Å². The van der Waals surface area contributed by atoms with Gasteiger partial charge < -0.3 is 9.80 Å². The first-order valence-corrected chi connectivity index (χ1v) is 12.0. The molecule has 0 saturated carbocycles. The lowest BCUT2D eigenvalue weighted by atomic mass is 9.84. The first-order chi connectivity index (χ1) is 16.3. The number of likely N-dealkylation sites (tertiary alicyclic amines) is 2. The number of aromatic nitrogens is 1. The van der Waals surface area contributed by atoms with Gasteiger partial charge in [-0.1, -0.05) is 30.3 Å². The third kappa shape index (κ3) is 3.75. The molecule has 34 heavy (non-hydrogen) atoms. The Morgan fingerprint density at radius 2 is 1.79 bits per heavy atom. The fourth-order valence-electron chi connectivity index (χ4n) is 5.58. The fourth-order valence-corrected chi connectivity index (χ4v) is 5.58. The van der Waals surface area contributed by atoms with Crippen LogP contribution < -0.4 is 0 Å². The number of fused-ring (bicyclic) bond motifs is 1. The Bertz CT molecular complexity index is 1290. The van der Waals surface area contributed by atoms with Crippen molar-refractivity contribution < 1.29 is 14.0 Å². The van der Waals surface area contributed by atoms with Crippen molar-refractivity contribution in [3.63, 3.8) is 0 Å². The fraction of sp³-hybridized carbons (Fsp3) is 0.393. The van der Waals surface area contributed by atoms with E-state index in [4.69, 9.17) is 4.98 Å². The number of pyridine rings is 1. The van der Waals surface area contributed by atoms with Crippen LogP contribution in [-0.4, -0.2) is 45.2 Å². The number of hydrogen-bond acceptors (Lipinski definition) is 3. The van der Waals surface area contributed by atoms with Gasteiger partial charge in [-0.3, -0.25) is 14.6 Å². The van der Waals surface area contributed by atoms with Crippen LogP contribution in [0.5, 0.6) is 0 Å². The molecule has 2 aliphatic heterocycles. The van der Waals surface area contributed by atoms with Gasteiger partial charge in [0, 0.05) is 48.2 Å². The molecular weight excluding hydrogens is 429 g/mol. The van der Waals surface area contributed by atoms with Gasteiger partial charge in [0.25, 0.3) is 5.91 Å². The van der Waals surface area contributed by atoms with Gasteiger partial charge in [0.1, 0.15) is 5.82 Å². The Morgan fingerprint density at radius 3 is 2.53 bits per heavy atom. The summed E-state index contributed by atoms with van der Waals surface area (Å²) in [7, 11) is 0. The Kier molecular flexibility index (Phi) is 5.62. The molecule has 0 aliphatic carbocycles. The highest BCUT2D eigenvalue weighted by atomic mass is 19.1. The van der Waals surface area contributed by atoms with E-state index in [1.54, 1.807) is 18.2 Å². The van der Waals surface area contributed by atoms with E-state index >= 15 is 0 Å². The Hall–Kier alpha value is -3.28. The van der Waals surface area contributed by atoms with E-state index in [9.17, 15) is 14.0 Å². The summed E-state index contributed by atoms with van der Waals surface area (Å²) in [6.45, 7) is 7.46. The molecule has 2 amide bonds. The van der Waals surface area contributed by atoms with E-state index in [0.29, 0.717) is 43.5 Å². The summed E-state index contributed by atoms with van der Waals surface area (Å²) in [4.78, 5) is 34.8. The number of rotatable bonds is 3. The third-order valence-corrected chi connectivity index (χ3v) is 7.81. The summed E-state index contributed by atoms with van der Waals surface area (Å²) in [5.41, 5.74) is 4.89. The van der Waals surface area contributed by atoms with Crippen LogP contribution in [0.25, 0.3) is 10.9 Å². The highest BCUT2D eigenvalue weighted by Gasteiger charge is 2.47. The second-order valence-corrected chi connectivity index (χ2v) is 9.80. The summed E-state index contributed by atoms with van der Waals surface area (Å²) in [6, 6.07) is 12.6. The largest absolute Gasteiger partial charge is 0.338 e. The predicted molar refractivity (Wildman–Crippen MR) is 130 cm³/mol. The standard InChI is InChI=1S/C28H30FN3O2/c1-18-8-9-22-23(16-19(2)30-26(22)20(18)3)27(34)31-14-12-28(13-15-31)11-10-25(33)32(28)17-21-6-4-5-7-24(21)29/h4-9,16H,10-15,17H2,1-3H3. The molecule has 3 aromatic rings. The van der Waals surface area contributed by atoms with Crippen molar-refractivity contribution >= 4 is 22.7 Å². The van der Waals surface area contributed by atoms with Gasteiger partial charge in [-0.15, -0.1) is 0 Å². The van der Waals surface area contributed by atoms with Gasteiger partial charge in [-0.25, -0.2) is 4.39 Å². The number of piperidine rings is 1. The smallest absolute Gasteiger partial charge is 0.254 e. The molecule has 6 heteroatoms. The van der Waals surface area contributed by atoms with Crippen molar-refractivity contribution in [2.75, 3.05) is 13.1 Å². The van der Waals surface area contributed by atoms with Gasteiger partial charge in [0.05, 0.1) is 11.1 Å². The van der Waals surface area contributed by atoms with Crippen molar-refractivity contribution in [1.82, 2.24) is 14.8 Å². The van der Waals surface area contributed by atoms with Crippen LogP contribution in [0.1, 0.15) is 58.4 Å². The summed E-state index contributed by atoms with van der Waals surface area (Å²) >= 11 is 0. The van der Waals surface area contributed by atoms with Crippen LogP contribution in [-0.2, 0) is 11.3 Å². The molecule has 0 N–H and O–H groups in total. The second kappa shape index (κ2) is 8.49. The Labute approximate surface area is 199 Å². The summed E-state index contributed by atoms with van der Waals surface area (Å²) < 4.78 is 14.3. The van der Waals surface area contributed by atoms with Crippen LogP contribution in [0, 0.1) is 26.6 Å². The Morgan fingerprint density at radius 1 is 1.06 bits per heavy atom. The van der Waals surface area contributed by atoms with Crippen molar-refractivity contribution in [1.29, 1.82) is 0 Å². The molecule has 5 nitrogen and oxygen atoms in total. The Balaban J connectivity index is 1.38. The maximum atomic E-state index is 14.3. The number of amides is 2. The number of carbonyl (C=O) groups excluding carboxylic acids is 2. The molecule has 3 heterocycles. The van der Waals surface area contributed by atoms with E-state index < -0.39 is 0 Å². The maximum Gasteiger partial charge on any atom is 0.254 e. The van der Waals surface area contributed by atoms with Gasteiger partial charge in [0.2, 0.25) is 5.91 Å². The topological polar surface area (TPSA) is 53.5 Å². The van der Waals surface area contributed by atoms with Gasteiger partial charge in [-0.05, 0) is 63.3 Å². The molecule has 1 aromatic heterocycles. The number of carbonyl (C=O) groups is 2. The average Bonchev–Trinajstić information content (AvgIpc) is 3.12. The minimum Gasteiger partial charge on any atom is -0.338 e. The third-order valence-electron chi connectivity index (χ3n) is 7.81. The van der Waals surface area contributed by atoms with Crippen LogP contribution in [0.4, 0.5) is 4.39 Å². The first-order valence-electron chi connectivity index (χ1n) is 12.0. The highest BCUT2D eigenvalue weighted by molar-refractivity contribution is 6.07. The van der Waals surface area contributed by atoms with E-state index in [1.807, 2.05) is 41.8 Å². The molecule has 2 aliphatic rings. The van der Waals surface area contributed by atoms with E-state index in [-0.39, 0.29) is 29.7 Å². The molecule has 0 bridgehead atoms. The molecule has 2 saturated heterocycles. The molecule has 2 aromatic carbocycles. The molecule has 0 unspecified atom stereocenters. The van der Waals surface area contributed by atoms with Crippen LogP contribution in [0.15, 0.2) is 42.5 Å². The van der Waals surface area contributed by atoms with E-state index in [2.05, 4.69) is 6.92 Å². The van der Waals surface area contributed by atoms with E-state index in [0.717, 1.165) is 34.1 Å². The molecule has 2 fully saturated rings.